The second-order valence-corrected chi connectivity index (χ2v) is 8.06. The summed E-state index contributed by atoms with van der Waals surface area (Å²) in [5.41, 5.74) is 0.979. The van der Waals surface area contributed by atoms with Gasteiger partial charge in [0, 0.05) is 35.4 Å². The molecule has 32 heavy (non-hydrogen) atoms. The predicted molar refractivity (Wildman–Crippen MR) is 120 cm³/mol. The van der Waals surface area contributed by atoms with Crippen molar-refractivity contribution in [2.75, 3.05) is 13.7 Å². The summed E-state index contributed by atoms with van der Waals surface area (Å²) in [6, 6.07) is 7.55. The maximum absolute atomic E-state index is 13.5. The maximum Gasteiger partial charge on any atom is 0.290 e. The van der Waals surface area contributed by atoms with Gasteiger partial charge < -0.3 is 19.2 Å². The van der Waals surface area contributed by atoms with Gasteiger partial charge in [-0.25, -0.2) is 0 Å². The number of nitrogens with zero attached hydrogens (tertiary/aromatic N) is 2. The summed E-state index contributed by atoms with van der Waals surface area (Å²) in [5.74, 6) is -1.34. The number of aromatic nitrogens is 1. The zero-order valence-electron chi connectivity index (χ0n) is 17.8. The van der Waals surface area contributed by atoms with Crippen molar-refractivity contribution >= 4 is 34.3 Å². The minimum atomic E-state index is -0.751. The Balaban J connectivity index is 1.78. The molecular formula is C24H23ClN2O5. The fourth-order valence-corrected chi connectivity index (χ4v) is 4.23. The number of aliphatic hydroxyl groups excluding tert-OH is 1. The van der Waals surface area contributed by atoms with Crippen LogP contribution in [-0.4, -0.2) is 40.3 Å². The van der Waals surface area contributed by atoms with E-state index in [1.807, 2.05) is 0 Å². The van der Waals surface area contributed by atoms with Gasteiger partial charge in [0.2, 0.25) is 5.78 Å². The SMILES string of the molecule is CCCCCN1C(=O)C(O)=C(C(=O)c2cc3cc(Cl)cc(OC)c3o2)C1c1cccnc1. The molecule has 1 aliphatic heterocycles. The fraction of sp³-hybridized carbons (Fsp3) is 0.292. The number of pyridine rings is 1. The summed E-state index contributed by atoms with van der Waals surface area (Å²) in [4.78, 5) is 32.1. The zero-order chi connectivity index (χ0) is 22.8. The summed E-state index contributed by atoms with van der Waals surface area (Å²) in [6.45, 7) is 2.48. The Morgan fingerprint density at radius 2 is 2.12 bits per heavy atom. The van der Waals surface area contributed by atoms with E-state index >= 15 is 0 Å². The molecule has 2 aromatic heterocycles. The Morgan fingerprint density at radius 1 is 1.31 bits per heavy atom. The number of hydrogen-bond donors (Lipinski definition) is 1. The molecule has 0 bridgehead atoms. The molecule has 1 unspecified atom stereocenters. The van der Waals surface area contributed by atoms with Gasteiger partial charge in [-0.05, 0) is 30.2 Å². The van der Waals surface area contributed by atoms with E-state index in [0.29, 0.717) is 33.8 Å². The van der Waals surface area contributed by atoms with Crippen molar-refractivity contribution < 1.29 is 23.8 Å². The van der Waals surface area contributed by atoms with Crippen LogP contribution in [0.1, 0.15) is 48.3 Å². The number of Topliss-reactive ketones (excluding diaryl/α,β-unsaturated/α-hetero) is 1. The highest BCUT2D eigenvalue weighted by Gasteiger charge is 2.44. The van der Waals surface area contributed by atoms with Crippen molar-refractivity contribution in [1.82, 2.24) is 9.88 Å². The number of aliphatic hydroxyl groups is 1. The normalized spacial score (nSPS) is 16.3. The number of benzene rings is 1. The molecule has 4 rings (SSSR count). The highest BCUT2D eigenvalue weighted by Crippen LogP contribution is 2.40. The molecule has 0 radical (unpaired) electrons. The molecule has 1 N–H and O–H groups in total. The lowest BCUT2D eigenvalue weighted by Gasteiger charge is -2.26. The first-order valence-corrected chi connectivity index (χ1v) is 10.8. The topological polar surface area (TPSA) is 92.9 Å². The Hall–Kier alpha value is -3.32. The standard InChI is InChI=1S/C24H23ClN2O5/c1-3-4-5-9-27-20(14-7-6-8-26-13-14)19(22(29)24(27)30)21(28)17-11-15-10-16(25)12-18(31-2)23(15)32-17/h6-8,10-13,20,29H,3-5,9H2,1-2H3. The van der Waals surface area contributed by atoms with Crippen LogP contribution in [0.15, 0.2) is 58.5 Å². The number of fused-ring (bicyclic) bond motifs is 1. The third-order valence-electron chi connectivity index (χ3n) is 5.54. The first-order valence-electron chi connectivity index (χ1n) is 10.4. The second kappa shape index (κ2) is 9.04. The summed E-state index contributed by atoms with van der Waals surface area (Å²) >= 11 is 6.13. The number of carbonyl (C=O) groups excluding carboxylic acids is 2. The van der Waals surface area contributed by atoms with Crippen LogP contribution >= 0.6 is 11.6 Å². The van der Waals surface area contributed by atoms with E-state index in [2.05, 4.69) is 11.9 Å². The van der Waals surface area contributed by atoms with Gasteiger partial charge in [0.05, 0.1) is 18.7 Å². The Kier molecular flexibility index (Phi) is 6.19. The van der Waals surface area contributed by atoms with Gasteiger partial charge in [-0.3, -0.25) is 14.6 Å². The Morgan fingerprint density at radius 3 is 2.81 bits per heavy atom. The van der Waals surface area contributed by atoms with E-state index < -0.39 is 23.5 Å². The minimum absolute atomic E-state index is 0.0146. The summed E-state index contributed by atoms with van der Waals surface area (Å²) < 4.78 is 11.1. The highest BCUT2D eigenvalue weighted by molar-refractivity contribution is 6.31. The molecule has 1 aromatic carbocycles. The van der Waals surface area contributed by atoms with Gasteiger partial charge in [0.25, 0.3) is 5.91 Å². The van der Waals surface area contributed by atoms with Crippen molar-refractivity contribution in [3.63, 3.8) is 0 Å². The maximum atomic E-state index is 13.5. The van der Waals surface area contributed by atoms with Gasteiger partial charge in [-0.2, -0.15) is 0 Å². The van der Waals surface area contributed by atoms with E-state index in [1.54, 1.807) is 36.7 Å². The van der Waals surface area contributed by atoms with Crippen molar-refractivity contribution in [1.29, 1.82) is 0 Å². The van der Waals surface area contributed by atoms with Crippen LogP contribution in [0.2, 0.25) is 5.02 Å². The van der Waals surface area contributed by atoms with Crippen molar-refractivity contribution in [2.24, 2.45) is 0 Å². The third-order valence-corrected chi connectivity index (χ3v) is 5.76. The van der Waals surface area contributed by atoms with E-state index in [-0.39, 0.29) is 11.3 Å². The van der Waals surface area contributed by atoms with E-state index in [0.717, 1.165) is 19.3 Å². The molecule has 0 aliphatic carbocycles. The van der Waals surface area contributed by atoms with Crippen LogP contribution in [-0.2, 0) is 4.79 Å². The van der Waals surface area contributed by atoms with Gasteiger partial charge in [-0.15, -0.1) is 0 Å². The minimum Gasteiger partial charge on any atom is -0.503 e. The number of carbonyl (C=O) groups is 2. The van der Waals surface area contributed by atoms with Crippen molar-refractivity contribution in [2.45, 2.75) is 32.2 Å². The van der Waals surface area contributed by atoms with E-state index in [9.17, 15) is 14.7 Å². The number of furan rings is 1. The number of ketones is 1. The number of methoxy groups -OCH3 is 1. The fourth-order valence-electron chi connectivity index (χ4n) is 4.01. The quantitative estimate of drug-likeness (QED) is 0.368. The number of ether oxygens (including phenoxy) is 1. The molecule has 0 spiro atoms. The van der Waals surface area contributed by atoms with Crippen LogP contribution in [0.3, 0.4) is 0 Å². The third kappa shape index (κ3) is 3.84. The summed E-state index contributed by atoms with van der Waals surface area (Å²) in [6.07, 6.45) is 5.88. The number of rotatable bonds is 8. The number of amides is 1. The average Bonchev–Trinajstić information content (AvgIpc) is 3.33. The molecule has 166 valence electrons. The summed E-state index contributed by atoms with van der Waals surface area (Å²) in [7, 11) is 1.48. The number of hydrogen-bond acceptors (Lipinski definition) is 6. The monoisotopic (exact) mass is 454 g/mol. The lowest BCUT2D eigenvalue weighted by Crippen LogP contribution is -2.32. The van der Waals surface area contributed by atoms with Crippen LogP contribution in [0.4, 0.5) is 0 Å². The van der Waals surface area contributed by atoms with Gasteiger partial charge in [0.1, 0.15) is 0 Å². The van der Waals surface area contributed by atoms with Gasteiger partial charge in [0.15, 0.2) is 22.9 Å². The molecule has 0 saturated heterocycles. The van der Waals surface area contributed by atoms with Crippen molar-refractivity contribution in [3.05, 3.63) is 70.4 Å². The largest absolute Gasteiger partial charge is 0.503 e. The van der Waals surface area contributed by atoms with Crippen LogP contribution in [0, 0.1) is 0 Å². The first-order chi connectivity index (χ1) is 15.5. The Bertz CT molecular complexity index is 1200. The molecule has 7 nitrogen and oxygen atoms in total. The molecule has 3 aromatic rings. The molecule has 1 aliphatic rings. The van der Waals surface area contributed by atoms with Crippen LogP contribution in [0.5, 0.6) is 5.75 Å². The molecule has 1 amide bonds. The molecular weight excluding hydrogens is 432 g/mol. The van der Waals surface area contributed by atoms with Gasteiger partial charge in [-0.1, -0.05) is 37.4 Å². The highest BCUT2D eigenvalue weighted by atomic mass is 35.5. The lowest BCUT2D eigenvalue weighted by molar-refractivity contribution is -0.129. The second-order valence-electron chi connectivity index (χ2n) is 7.62. The molecule has 8 heteroatoms. The van der Waals surface area contributed by atoms with E-state index in [4.69, 9.17) is 20.8 Å². The van der Waals surface area contributed by atoms with Gasteiger partial charge >= 0.3 is 0 Å². The number of halogens is 1. The average molecular weight is 455 g/mol. The van der Waals surface area contributed by atoms with Crippen LogP contribution in [0.25, 0.3) is 11.0 Å². The first kappa shape index (κ1) is 21.9. The van der Waals surface area contributed by atoms with Crippen LogP contribution < -0.4 is 4.74 Å². The molecule has 1 atom stereocenters. The summed E-state index contributed by atoms with van der Waals surface area (Å²) in [5, 5.41) is 11.7. The Labute approximate surface area is 190 Å². The molecule has 0 fully saturated rings. The predicted octanol–water partition coefficient (Wildman–Crippen LogP) is 5.26. The van der Waals surface area contributed by atoms with E-state index in [1.165, 1.54) is 18.1 Å². The molecule has 0 saturated carbocycles. The number of unbranched alkanes of at least 4 members (excludes halogenated alkanes) is 2. The van der Waals surface area contributed by atoms with Crippen molar-refractivity contribution in [3.8, 4) is 5.75 Å². The lowest BCUT2D eigenvalue weighted by atomic mass is 9.96. The zero-order valence-corrected chi connectivity index (χ0v) is 18.6. The molecule has 3 heterocycles. The smallest absolute Gasteiger partial charge is 0.290 e.